The number of ether oxygens (including phenoxy) is 5. The number of phenolic OH excluding ortho intramolecular Hbond substituents is 2. The number of aryl methyl sites for hydroxylation is 2. The number of hydrogen-bond donors (Lipinski definition) is 8. The summed E-state index contributed by atoms with van der Waals surface area (Å²) in [5, 5.41) is 81.4. The molecule has 2 aromatic carbocycles. The lowest BCUT2D eigenvalue weighted by Crippen LogP contribution is -2.62. The number of benzene rings is 2. The smallest absolute Gasteiger partial charge is 0.331 e. The Morgan fingerprint density at radius 1 is 0.800 bits per heavy atom. The van der Waals surface area contributed by atoms with Crippen LogP contribution in [0.15, 0.2) is 42.5 Å². The maximum atomic E-state index is 12.8. The average molecular weight is 637 g/mol. The lowest BCUT2D eigenvalue weighted by molar-refractivity contribution is -0.331. The Hall–Kier alpha value is -3.15. The predicted molar refractivity (Wildman–Crippen MR) is 155 cm³/mol. The average Bonchev–Trinajstić information content (AvgIpc) is 3.01. The van der Waals surface area contributed by atoms with Gasteiger partial charge >= 0.3 is 5.97 Å². The molecule has 0 radical (unpaired) electrons. The van der Waals surface area contributed by atoms with Gasteiger partial charge in [-0.05, 0) is 60.7 Å². The first-order valence-corrected chi connectivity index (χ1v) is 14.4. The summed E-state index contributed by atoms with van der Waals surface area (Å²) in [5.41, 5.74) is 2.64. The summed E-state index contributed by atoms with van der Waals surface area (Å²) in [5.74, 6) is -0.750. The number of aliphatic hydroxyl groups excluding tert-OH is 6. The lowest BCUT2D eigenvalue weighted by atomic mass is 9.98. The van der Waals surface area contributed by atoms with Crippen LogP contribution >= 0.6 is 0 Å². The third kappa shape index (κ3) is 8.56. The molecular weight excluding hydrogens is 596 g/mol. The second kappa shape index (κ2) is 15.4. The van der Waals surface area contributed by atoms with Gasteiger partial charge in [0.2, 0.25) is 0 Å². The number of aliphatic hydroxyl groups is 6. The van der Waals surface area contributed by atoms with Crippen molar-refractivity contribution in [3.8, 4) is 11.5 Å². The summed E-state index contributed by atoms with van der Waals surface area (Å²) >= 11 is 0. The SMILES string of the molecule is Cc1cc(CCO[C@@H]2OC(CO[C@@H]3OC(CO)[C@H](O)[C@H](O)C3O)[C@H](OC(=O)/C=C/c3ccc(C)c(O)c3)[C@H](O)C2O)ccc1O. The highest BCUT2D eigenvalue weighted by atomic mass is 16.7. The van der Waals surface area contributed by atoms with Crippen LogP contribution in [0.3, 0.4) is 0 Å². The molecule has 8 N–H and O–H groups in total. The molecule has 2 saturated heterocycles. The van der Waals surface area contributed by atoms with Gasteiger partial charge in [0.15, 0.2) is 18.7 Å². The summed E-state index contributed by atoms with van der Waals surface area (Å²) in [6, 6.07) is 9.78. The third-order valence-corrected chi connectivity index (χ3v) is 7.75. The summed E-state index contributed by atoms with van der Waals surface area (Å²) in [4.78, 5) is 12.8. The molecule has 45 heavy (non-hydrogen) atoms. The van der Waals surface area contributed by atoms with Gasteiger partial charge in [-0.15, -0.1) is 0 Å². The zero-order valence-electron chi connectivity index (χ0n) is 24.7. The molecule has 2 fully saturated rings. The van der Waals surface area contributed by atoms with E-state index in [0.717, 1.165) is 11.6 Å². The Morgan fingerprint density at radius 2 is 1.49 bits per heavy atom. The van der Waals surface area contributed by atoms with Gasteiger partial charge < -0.3 is 64.5 Å². The fourth-order valence-electron chi connectivity index (χ4n) is 4.95. The summed E-state index contributed by atoms with van der Waals surface area (Å²) in [6.07, 6.45) is -12.6. The fraction of sp³-hybridized carbons (Fsp3) is 0.516. The molecule has 14 nitrogen and oxygen atoms in total. The van der Waals surface area contributed by atoms with E-state index in [1.54, 1.807) is 44.2 Å². The van der Waals surface area contributed by atoms with Gasteiger partial charge in [0.1, 0.15) is 54.2 Å². The predicted octanol–water partition coefficient (Wildman–Crippen LogP) is -0.838. The summed E-state index contributed by atoms with van der Waals surface area (Å²) < 4.78 is 28.0. The highest BCUT2D eigenvalue weighted by molar-refractivity contribution is 5.87. The molecule has 0 aromatic heterocycles. The molecule has 10 atom stereocenters. The maximum Gasteiger partial charge on any atom is 0.331 e. The first kappa shape index (κ1) is 34.7. The van der Waals surface area contributed by atoms with Crippen LogP contribution in [0.2, 0.25) is 0 Å². The van der Waals surface area contributed by atoms with Crippen LogP contribution in [0, 0.1) is 13.8 Å². The first-order valence-electron chi connectivity index (χ1n) is 14.4. The van der Waals surface area contributed by atoms with Crippen molar-refractivity contribution in [2.45, 2.75) is 81.7 Å². The molecule has 4 unspecified atom stereocenters. The maximum absolute atomic E-state index is 12.8. The fourth-order valence-corrected chi connectivity index (χ4v) is 4.95. The van der Waals surface area contributed by atoms with Crippen molar-refractivity contribution in [2.75, 3.05) is 19.8 Å². The van der Waals surface area contributed by atoms with Crippen LogP contribution in [-0.4, -0.2) is 128 Å². The Morgan fingerprint density at radius 3 is 2.18 bits per heavy atom. The van der Waals surface area contributed by atoms with Gasteiger partial charge in [-0.1, -0.05) is 24.3 Å². The molecule has 2 aromatic rings. The molecule has 4 rings (SSSR count). The number of carbonyl (C=O) groups excluding carboxylic acids is 1. The normalized spacial score (nSPS) is 32.1. The van der Waals surface area contributed by atoms with Gasteiger partial charge in [0.25, 0.3) is 0 Å². The number of carbonyl (C=O) groups is 1. The Kier molecular flexibility index (Phi) is 11.9. The lowest BCUT2D eigenvalue weighted by Gasteiger charge is -2.43. The van der Waals surface area contributed by atoms with Crippen molar-refractivity contribution < 1.29 is 69.3 Å². The van der Waals surface area contributed by atoms with Crippen molar-refractivity contribution >= 4 is 12.0 Å². The van der Waals surface area contributed by atoms with Gasteiger partial charge in [-0.25, -0.2) is 4.79 Å². The Labute approximate surface area is 259 Å². The van der Waals surface area contributed by atoms with Crippen molar-refractivity contribution in [3.05, 3.63) is 64.7 Å². The molecule has 0 amide bonds. The molecule has 248 valence electrons. The number of rotatable bonds is 11. The number of esters is 1. The molecular formula is C31H40O14. The second-order valence-electron chi connectivity index (χ2n) is 11.1. The van der Waals surface area contributed by atoms with E-state index in [4.69, 9.17) is 23.7 Å². The van der Waals surface area contributed by atoms with Crippen LogP contribution in [0.4, 0.5) is 0 Å². The largest absolute Gasteiger partial charge is 0.508 e. The van der Waals surface area contributed by atoms with E-state index in [9.17, 15) is 45.6 Å². The molecule has 2 aliphatic heterocycles. The van der Waals surface area contributed by atoms with Crippen LogP contribution in [0.1, 0.15) is 22.3 Å². The van der Waals surface area contributed by atoms with Crippen LogP contribution < -0.4 is 0 Å². The van der Waals surface area contributed by atoms with E-state index >= 15 is 0 Å². The van der Waals surface area contributed by atoms with E-state index in [2.05, 4.69) is 0 Å². The molecule has 0 aliphatic carbocycles. The standard InChI is InChI=1S/C31H40O14/c1-15-3-4-17(12-20(15)34)6-8-23(35)45-29-22(14-42-31-27(39)25(37)24(36)21(13-32)43-31)44-30(28(40)26(29)38)41-10-9-18-5-7-19(33)16(2)11-18/h3-8,11-12,21-22,24-34,36-40H,9-10,13-14H2,1-2H3/b8-6+/t21?,22?,24-,25-,26+,27?,28?,29-,30+,31+/m0/s1. The third-order valence-electron chi connectivity index (χ3n) is 7.75. The zero-order chi connectivity index (χ0) is 32.8. The van der Waals surface area contributed by atoms with Crippen molar-refractivity contribution in [2.24, 2.45) is 0 Å². The minimum Gasteiger partial charge on any atom is -0.508 e. The molecule has 2 heterocycles. The first-order chi connectivity index (χ1) is 21.4. The van der Waals surface area contributed by atoms with Gasteiger partial charge in [-0.3, -0.25) is 0 Å². The molecule has 0 bridgehead atoms. The van der Waals surface area contributed by atoms with Gasteiger partial charge in [0.05, 0.1) is 19.8 Å². The van der Waals surface area contributed by atoms with E-state index in [-0.39, 0.29) is 18.1 Å². The highest BCUT2D eigenvalue weighted by Crippen LogP contribution is 2.28. The molecule has 2 aliphatic rings. The monoisotopic (exact) mass is 636 g/mol. The van der Waals surface area contributed by atoms with Gasteiger partial charge in [-0.2, -0.15) is 0 Å². The van der Waals surface area contributed by atoms with Crippen LogP contribution in [0.25, 0.3) is 6.08 Å². The highest BCUT2D eigenvalue weighted by Gasteiger charge is 2.49. The van der Waals surface area contributed by atoms with Gasteiger partial charge in [0, 0.05) is 6.08 Å². The van der Waals surface area contributed by atoms with Crippen molar-refractivity contribution in [1.29, 1.82) is 0 Å². The van der Waals surface area contributed by atoms with Crippen LogP contribution in [0.5, 0.6) is 11.5 Å². The van der Waals surface area contributed by atoms with Crippen LogP contribution in [-0.2, 0) is 34.9 Å². The number of hydrogen-bond acceptors (Lipinski definition) is 14. The minimum atomic E-state index is -1.72. The Balaban J connectivity index is 1.46. The van der Waals surface area contributed by atoms with E-state index in [1.807, 2.05) is 0 Å². The topological polar surface area (TPSA) is 225 Å². The molecule has 0 saturated carbocycles. The van der Waals surface area contributed by atoms with E-state index in [0.29, 0.717) is 23.1 Å². The summed E-state index contributed by atoms with van der Waals surface area (Å²) in [6.45, 7) is 2.29. The van der Waals surface area contributed by atoms with Crippen molar-refractivity contribution in [1.82, 2.24) is 0 Å². The van der Waals surface area contributed by atoms with Crippen molar-refractivity contribution in [3.63, 3.8) is 0 Å². The molecule has 0 spiro atoms. The van der Waals surface area contributed by atoms with E-state index < -0.39 is 80.6 Å². The molecule has 14 heteroatoms. The van der Waals surface area contributed by atoms with E-state index in [1.165, 1.54) is 12.1 Å². The Bertz CT molecular complexity index is 1320. The summed E-state index contributed by atoms with van der Waals surface area (Å²) in [7, 11) is 0. The quantitative estimate of drug-likeness (QED) is 0.111. The zero-order valence-corrected chi connectivity index (χ0v) is 24.7. The second-order valence-corrected chi connectivity index (χ2v) is 11.1. The number of phenols is 2. The minimum absolute atomic E-state index is 0.0294. The number of aromatic hydroxyl groups is 2.